The van der Waals surface area contributed by atoms with Crippen molar-refractivity contribution in [2.24, 2.45) is 5.92 Å². The lowest BCUT2D eigenvalue weighted by molar-refractivity contribution is -0.144. The van der Waals surface area contributed by atoms with Gasteiger partial charge in [0.2, 0.25) is 0 Å². The Morgan fingerprint density at radius 1 is 1.43 bits per heavy atom. The van der Waals surface area contributed by atoms with E-state index in [1.54, 1.807) is 6.92 Å². The van der Waals surface area contributed by atoms with Gasteiger partial charge in [-0.15, -0.1) is 0 Å². The zero-order chi connectivity index (χ0) is 15.8. The van der Waals surface area contributed by atoms with Gasteiger partial charge in [-0.25, -0.2) is 9.59 Å². The van der Waals surface area contributed by atoms with E-state index >= 15 is 0 Å². The van der Waals surface area contributed by atoms with Crippen LogP contribution in [0.2, 0.25) is 0 Å². The summed E-state index contributed by atoms with van der Waals surface area (Å²) < 4.78 is 5.44. The van der Waals surface area contributed by atoms with Crippen LogP contribution in [0.4, 0.5) is 4.79 Å². The van der Waals surface area contributed by atoms with Crippen LogP contribution in [-0.2, 0) is 4.79 Å². The Morgan fingerprint density at radius 2 is 2.05 bits per heavy atom. The summed E-state index contributed by atoms with van der Waals surface area (Å²) in [6, 6.07) is 1.15. The summed E-state index contributed by atoms with van der Waals surface area (Å²) in [5.74, 6) is 0.547. The number of carboxylic acids is 1. The van der Waals surface area contributed by atoms with E-state index in [0.717, 1.165) is 29.9 Å². The molecule has 1 aromatic rings. The lowest BCUT2D eigenvalue weighted by Gasteiger charge is -2.27. The quantitative estimate of drug-likeness (QED) is 0.778. The zero-order valence-corrected chi connectivity index (χ0v) is 12.8. The number of hydrogen-bond acceptors (Lipinski definition) is 3. The number of amides is 2. The highest BCUT2D eigenvalue weighted by Crippen LogP contribution is 2.39. The monoisotopic (exact) mass is 294 g/mol. The van der Waals surface area contributed by atoms with Gasteiger partial charge in [0.25, 0.3) is 0 Å². The van der Waals surface area contributed by atoms with Gasteiger partial charge < -0.3 is 20.2 Å². The number of furan rings is 1. The second kappa shape index (κ2) is 5.42. The van der Waals surface area contributed by atoms with Crippen LogP contribution in [0.25, 0.3) is 0 Å². The molecule has 3 N–H and O–H groups in total. The second-order valence-corrected chi connectivity index (χ2v) is 5.97. The summed E-state index contributed by atoms with van der Waals surface area (Å²) in [6.45, 7) is 7.08. The molecule has 0 saturated heterocycles. The molecule has 6 heteroatoms. The minimum absolute atomic E-state index is 0.00830. The first-order valence-electron chi connectivity index (χ1n) is 7.13. The van der Waals surface area contributed by atoms with Crippen molar-refractivity contribution in [3.63, 3.8) is 0 Å². The first-order valence-corrected chi connectivity index (χ1v) is 7.13. The van der Waals surface area contributed by atoms with Gasteiger partial charge in [-0.3, -0.25) is 0 Å². The Kier molecular flexibility index (Phi) is 3.98. The number of carboxylic acid groups (broad SMARTS) is 1. The van der Waals surface area contributed by atoms with E-state index in [2.05, 4.69) is 10.6 Å². The van der Waals surface area contributed by atoms with E-state index in [-0.39, 0.29) is 12.0 Å². The summed E-state index contributed by atoms with van der Waals surface area (Å²) in [7, 11) is 0. The molecule has 2 unspecified atom stereocenters. The van der Waals surface area contributed by atoms with Gasteiger partial charge in [-0.05, 0) is 52.5 Å². The zero-order valence-electron chi connectivity index (χ0n) is 12.8. The molecule has 1 aliphatic carbocycles. The fourth-order valence-electron chi connectivity index (χ4n) is 2.62. The largest absolute Gasteiger partial charge is 0.480 e. The van der Waals surface area contributed by atoms with Crippen molar-refractivity contribution in [2.75, 3.05) is 0 Å². The molecule has 1 saturated carbocycles. The summed E-state index contributed by atoms with van der Waals surface area (Å²) in [4.78, 5) is 23.5. The van der Waals surface area contributed by atoms with Gasteiger partial charge in [0.05, 0.1) is 6.04 Å². The van der Waals surface area contributed by atoms with Gasteiger partial charge >= 0.3 is 12.0 Å². The number of rotatable bonds is 5. The Hall–Kier alpha value is -1.98. The highest BCUT2D eigenvalue weighted by atomic mass is 16.4. The maximum atomic E-state index is 12.1. The smallest absolute Gasteiger partial charge is 0.329 e. The maximum Gasteiger partial charge on any atom is 0.329 e. The van der Waals surface area contributed by atoms with Crippen molar-refractivity contribution >= 4 is 12.0 Å². The van der Waals surface area contributed by atoms with Crippen molar-refractivity contribution in [1.29, 1.82) is 0 Å². The van der Waals surface area contributed by atoms with Crippen LogP contribution in [0.5, 0.6) is 0 Å². The number of nitrogens with one attached hydrogen (secondary N) is 2. The van der Waals surface area contributed by atoms with Gasteiger partial charge in [0.15, 0.2) is 0 Å². The molecule has 1 aromatic heterocycles. The van der Waals surface area contributed by atoms with E-state index in [1.165, 1.54) is 0 Å². The van der Waals surface area contributed by atoms with Crippen LogP contribution in [-0.4, -0.2) is 22.6 Å². The van der Waals surface area contributed by atoms with Crippen molar-refractivity contribution < 1.29 is 19.1 Å². The van der Waals surface area contributed by atoms with Crippen LogP contribution < -0.4 is 10.6 Å². The highest BCUT2D eigenvalue weighted by molar-refractivity contribution is 5.86. The van der Waals surface area contributed by atoms with Crippen molar-refractivity contribution in [3.8, 4) is 0 Å². The molecule has 0 aliphatic heterocycles. The molecular weight excluding hydrogens is 272 g/mol. The molecule has 0 spiro atoms. The summed E-state index contributed by atoms with van der Waals surface area (Å²) in [5.41, 5.74) is -0.309. The molecule has 2 atom stereocenters. The topological polar surface area (TPSA) is 91.6 Å². The minimum Gasteiger partial charge on any atom is -0.480 e. The molecule has 0 bridgehead atoms. The second-order valence-electron chi connectivity index (χ2n) is 5.97. The molecule has 116 valence electrons. The molecule has 2 rings (SSSR count). The van der Waals surface area contributed by atoms with Crippen LogP contribution in [0, 0.1) is 19.8 Å². The van der Waals surface area contributed by atoms with Gasteiger partial charge in [0.1, 0.15) is 17.1 Å². The molecule has 6 nitrogen and oxygen atoms in total. The molecule has 0 radical (unpaired) electrons. The lowest BCUT2D eigenvalue weighted by atomic mass is 9.96. The number of aliphatic carboxylic acids is 1. The third-order valence-corrected chi connectivity index (χ3v) is 4.10. The third-order valence-electron chi connectivity index (χ3n) is 4.10. The summed E-state index contributed by atoms with van der Waals surface area (Å²) in [6.07, 6.45) is 1.66. The van der Waals surface area contributed by atoms with Crippen molar-refractivity contribution in [3.05, 3.63) is 23.2 Å². The minimum atomic E-state index is -1.20. The Labute approximate surface area is 123 Å². The Morgan fingerprint density at radius 3 is 2.48 bits per heavy atom. The molecule has 1 fully saturated rings. The van der Waals surface area contributed by atoms with E-state index in [4.69, 9.17) is 4.42 Å². The first-order chi connectivity index (χ1) is 9.74. The molecule has 1 heterocycles. The molecule has 21 heavy (non-hydrogen) atoms. The van der Waals surface area contributed by atoms with E-state index < -0.39 is 17.5 Å². The Balaban J connectivity index is 2.01. The average Bonchev–Trinajstić information content (AvgIpc) is 3.14. The fraction of sp³-hybridized carbons (Fsp3) is 0.600. The van der Waals surface area contributed by atoms with Gasteiger partial charge in [-0.1, -0.05) is 0 Å². The lowest BCUT2D eigenvalue weighted by Crippen LogP contribution is -2.57. The van der Waals surface area contributed by atoms with Crippen LogP contribution >= 0.6 is 0 Å². The SMILES string of the molecule is Cc1cc(C(C)NC(=O)NC(C)(C(=O)O)C2CC2)c(C)o1. The summed E-state index contributed by atoms with van der Waals surface area (Å²) >= 11 is 0. The van der Waals surface area contributed by atoms with Crippen LogP contribution in [0.1, 0.15) is 49.8 Å². The molecule has 2 amide bonds. The van der Waals surface area contributed by atoms with Gasteiger partial charge in [-0.2, -0.15) is 0 Å². The molecule has 0 aromatic carbocycles. The number of aryl methyl sites for hydroxylation is 2. The Bertz CT molecular complexity index is 562. The highest BCUT2D eigenvalue weighted by Gasteiger charge is 2.48. The number of carbonyl (C=O) groups is 2. The van der Waals surface area contributed by atoms with E-state index in [1.807, 2.05) is 26.8 Å². The van der Waals surface area contributed by atoms with E-state index in [0.29, 0.717) is 0 Å². The predicted molar refractivity (Wildman–Crippen MR) is 77.0 cm³/mol. The maximum absolute atomic E-state index is 12.1. The third kappa shape index (κ3) is 3.20. The average molecular weight is 294 g/mol. The number of hydrogen-bond donors (Lipinski definition) is 3. The van der Waals surface area contributed by atoms with Crippen LogP contribution in [0.3, 0.4) is 0 Å². The number of urea groups is 1. The fourth-order valence-corrected chi connectivity index (χ4v) is 2.62. The van der Waals surface area contributed by atoms with Gasteiger partial charge in [0, 0.05) is 5.56 Å². The molecule has 1 aliphatic rings. The summed E-state index contributed by atoms with van der Waals surface area (Å²) in [5, 5.41) is 14.7. The normalized spacial score (nSPS) is 18.7. The molecular formula is C15H22N2O4. The first kappa shape index (κ1) is 15.4. The van der Waals surface area contributed by atoms with E-state index in [9.17, 15) is 14.7 Å². The van der Waals surface area contributed by atoms with Crippen molar-refractivity contribution in [1.82, 2.24) is 10.6 Å². The van der Waals surface area contributed by atoms with Crippen molar-refractivity contribution in [2.45, 2.75) is 52.1 Å². The van der Waals surface area contributed by atoms with Crippen LogP contribution in [0.15, 0.2) is 10.5 Å². The predicted octanol–water partition coefficient (Wildman–Crippen LogP) is 2.51. The number of carbonyl (C=O) groups excluding carboxylic acids is 1. The standard InChI is InChI=1S/C15H22N2O4/c1-8-7-12(10(3)21-8)9(2)16-14(20)17-15(4,13(18)19)11-5-6-11/h7,9,11H,5-6H2,1-4H3,(H,18,19)(H2,16,17,20).